The first kappa shape index (κ1) is 10.9. The van der Waals surface area contributed by atoms with Gasteiger partial charge in [-0.2, -0.15) is 0 Å². The molecular formula is C15H13N3. The number of pyridine rings is 2. The monoisotopic (exact) mass is 235 g/mol. The number of aromatic nitrogens is 2. The maximum Gasteiger partial charge on any atom is 0.0706 e. The molecule has 0 bridgehead atoms. The first-order chi connectivity index (χ1) is 8.86. The fourth-order valence-corrected chi connectivity index (χ4v) is 1.99. The zero-order valence-electron chi connectivity index (χ0n) is 9.88. The van der Waals surface area contributed by atoms with E-state index in [1.54, 1.807) is 6.20 Å². The number of fused-ring (bicyclic) bond motifs is 1. The van der Waals surface area contributed by atoms with Crippen LogP contribution in [0.25, 0.3) is 22.0 Å². The van der Waals surface area contributed by atoms with Crippen LogP contribution < -0.4 is 5.73 Å². The van der Waals surface area contributed by atoms with Gasteiger partial charge in [-0.25, -0.2) is 0 Å². The Morgan fingerprint density at radius 3 is 2.72 bits per heavy atom. The van der Waals surface area contributed by atoms with E-state index in [9.17, 15) is 0 Å². The minimum atomic E-state index is 0.473. The molecule has 3 aromatic rings. The summed E-state index contributed by atoms with van der Waals surface area (Å²) in [5, 5.41) is 1.12. The third-order valence-electron chi connectivity index (χ3n) is 2.95. The highest BCUT2D eigenvalue weighted by Crippen LogP contribution is 2.23. The van der Waals surface area contributed by atoms with Gasteiger partial charge in [0.2, 0.25) is 0 Å². The second-order valence-corrected chi connectivity index (χ2v) is 4.16. The molecule has 0 aliphatic carbocycles. The van der Waals surface area contributed by atoms with Crippen LogP contribution >= 0.6 is 0 Å². The molecule has 2 aromatic heterocycles. The van der Waals surface area contributed by atoms with Crippen LogP contribution in [-0.4, -0.2) is 9.97 Å². The van der Waals surface area contributed by atoms with E-state index < -0.39 is 0 Å². The molecule has 18 heavy (non-hydrogen) atoms. The Kier molecular flexibility index (Phi) is 2.74. The number of hydrogen-bond acceptors (Lipinski definition) is 3. The fraction of sp³-hybridized carbons (Fsp3) is 0.0667. The van der Waals surface area contributed by atoms with E-state index >= 15 is 0 Å². The van der Waals surface area contributed by atoms with Crippen molar-refractivity contribution in [2.24, 2.45) is 5.73 Å². The van der Waals surface area contributed by atoms with Crippen molar-refractivity contribution >= 4 is 10.9 Å². The van der Waals surface area contributed by atoms with E-state index in [4.69, 9.17) is 5.73 Å². The molecule has 3 heteroatoms. The quantitative estimate of drug-likeness (QED) is 0.743. The van der Waals surface area contributed by atoms with E-state index in [0.29, 0.717) is 6.54 Å². The molecule has 0 saturated heterocycles. The summed E-state index contributed by atoms with van der Waals surface area (Å²) in [6.07, 6.45) is 3.64. The van der Waals surface area contributed by atoms with Crippen molar-refractivity contribution < 1.29 is 0 Å². The molecule has 3 nitrogen and oxygen atoms in total. The maximum absolute atomic E-state index is 5.59. The van der Waals surface area contributed by atoms with Crippen molar-refractivity contribution in [3.05, 3.63) is 60.6 Å². The third kappa shape index (κ3) is 1.96. The van der Waals surface area contributed by atoms with Crippen LogP contribution in [-0.2, 0) is 6.54 Å². The lowest BCUT2D eigenvalue weighted by molar-refractivity contribution is 1.01. The molecule has 0 amide bonds. The molecule has 0 aliphatic heterocycles. The highest BCUT2D eigenvalue weighted by Gasteiger charge is 2.01. The topological polar surface area (TPSA) is 51.8 Å². The van der Waals surface area contributed by atoms with Crippen molar-refractivity contribution in [2.45, 2.75) is 6.54 Å². The Bertz CT molecular complexity index is 678. The summed E-state index contributed by atoms with van der Waals surface area (Å²) in [7, 11) is 0. The second-order valence-electron chi connectivity index (χ2n) is 4.16. The van der Waals surface area contributed by atoms with Gasteiger partial charge in [-0.3, -0.25) is 9.97 Å². The number of hydrogen-bond donors (Lipinski definition) is 1. The maximum atomic E-state index is 5.59. The van der Waals surface area contributed by atoms with Crippen LogP contribution in [0.1, 0.15) is 5.69 Å². The summed E-state index contributed by atoms with van der Waals surface area (Å²) < 4.78 is 0. The molecule has 0 radical (unpaired) electrons. The van der Waals surface area contributed by atoms with Gasteiger partial charge in [0.1, 0.15) is 0 Å². The molecule has 0 saturated carbocycles. The summed E-state index contributed by atoms with van der Waals surface area (Å²) >= 11 is 0. The van der Waals surface area contributed by atoms with Crippen LogP contribution in [0.2, 0.25) is 0 Å². The van der Waals surface area contributed by atoms with Gasteiger partial charge >= 0.3 is 0 Å². The lowest BCUT2D eigenvalue weighted by Crippen LogP contribution is -1.98. The van der Waals surface area contributed by atoms with Crippen molar-refractivity contribution in [3.63, 3.8) is 0 Å². The van der Waals surface area contributed by atoms with Crippen LogP contribution in [0.5, 0.6) is 0 Å². The van der Waals surface area contributed by atoms with Gasteiger partial charge in [-0.15, -0.1) is 0 Å². The molecule has 88 valence electrons. The second kappa shape index (κ2) is 4.55. The van der Waals surface area contributed by atoms with Crippen LogP contribution in [0.15, 0.2) is 54.9 Å². The zero-order chi connectivity index (χ0) is 12.4. The Hall–Kier alpha value is -2.26. The van der Waals surface area contributed by atoms with E-state index in [1.165, 1.54) is 0 Å². The normalized spacial score (nSPS) is 10.7. The Morgan fingerprint density at radius 2 is 1.94 bits per heavy atom. The summed E-state index contributed by atoms with van der Waals surface area (Å²) in [5.74, 6) is 0. The SMILES string of the molecule is NCc1ccc2cc(-c3cccnc3)ccc2n1. The molecule has 3 rings (SSSR count). The lowest BCUT2D eigenvalue weighted by Gasteiger charge is -2.04. The van der Waals surface area contributed by atoms with Gasteiger partial charge in [0, 0.05) is 29.9 Å². The van der Waals surface area contributed by atoms with E-state index in [2.05, 4.69) is 34.2 Å². The molecule has 0 fully saturated rings. The smallest absolute Gasteiger partial charge is 0.0706 e. The molecular weight excluding hydrogens is 222 g/mol. The highest BCUT2D eigenvalue weighted by atomic mass is 14.7. The lowest BCUT2D eigenvalue weighted by atomic mass is 10.0. The molecule has 1 aromatic carbocycles. The van der Waals surface area contributed by atoms with Gasteiger partial charge in [0.05, 0.1) is 11.2 Å². The van der Waals surface area contributed by atoms with Gasteiger partial charge in [0.15, 0.2) is 0 Å². The third-order valence-corrected chi connectivity index (χ3v) is 2.95. The van der Waals surface area contributed by atoms with Crippen molar-refractivity contribution in [1.82, 2.24) is 9.97 Å². The first-order valence-electron chi connectivity index (χ1n) is 5.87. The van der Waals surface area contributed by atoms with Gasteiger partial charge in [-0.1, -0.05) is 18.2 Å². The van der Waals surface area contributed by atoms with Crippen LogP contribution in [0.4, 0.5) is 0 Å². The number of benzene rings is 1. The summed E-state index contributed by atoms with van der Waals surface area (Å²) in [5.41, 5.74) is 9.75. The predicted molar refractivity (Wildman–Crippen MR) is 72.9 cm³/mol. The fourth-order valence-electron chi connectivity index (χ4n) is 1.99. The minimum absolute atomic E-state index is 0.473. The van der Waals surface area contributed by atoms with Crippen molar-refractivity contribution in [2.75, 3.05) is 0 Å². The Labute approximate surface area is 105 Å². The molecule has 0 spiro atoms. The standard InChI is InChI=1S/C15H13N3/c16-9-14-5-3-12-8-11(4-6-15(12)18-14)13-2-1-7-17-10-13/h1-8,10H,9,16H2. The molecule has 0 aliphatic rings. The Morgan fingerprint density at radius 1 is 1.00 bits per heavy atom. The van der Waals surface area contributed by atoms with Crippen molar-refractivity contribution in [1.29, 1.82) is 0 Å². The largest absolute Gasteiger partial charge is 0.325 e. The zero-order valence-corrected chi connectivity index (χ0v) is 9.88. The average molecular weight is 235 g/mol. The number of nitrogens with zero attached hydrogens (tertiary/aromatic N) is 2. The van der Waals surface area contributed by atoms with E-state index in [-0.39, 0.29) is 0 Å². The van der Waals surface area contributed by atoms with Crippen LogP contribution in [0.3, 0.4) is 0 Å². The molecule has 0 atom stereocenters. The van der Waals surface area contributed by atoms with Crippen LogP contribution in [0, 0.1) is 0 Å². The first-order valence-corrected chi connectivity index (χ1v) is 5.87. The Balaban J connectivity index is 2.12. The van der Waals surface area contributed by atoms with Gasteiger partial charge < -0.3 is 5.73 Å². The molecule has 2 N–H and O–H groups in total. The van der Waals surface area contributed by atoms with E-state index in [1.807, 2.05) is 24.4 Å². The van der Waals surface area contributed by atoms with Gasteiger partial charge in [-0.05, 0) is 29.8 Å². The number of nitrogens with two attached hydrogens (primary N) is 1. The van der Waals surface area contributed by atoms with Crippen molar-refractivity contribution in [3.8, 4) is 11.1 Å². The summed E-state index contributed by atoms with van der Waals surface area (Å²) in [6.45, 7) is 0.473. The average Bonchev–Trinajstić information content (AvgIpc) is 2.47. The predicted octanol–water partition coefficient (Wildman–Crippen LogP) is 2.76. The minimum Gasteiger partial charge on any atom is -0.325 e. The number of rotatable bonds is 2. The van der Waals surface area contributed by atoms with Gasteiger partial charge in [0.25, 0.3) is 0 Å². The summed E-state index contributed by atoms with van der Waals surface area (Å²) in [6, 6.07) is 14.2. The molecule has 0 unspecified atom stereocenters. The summed E-state index contributed by atoms with van der Waals surface area (Å²) in [4.78, 5) is 8.62. The molecule has 2 heterocycles. The highest BCUT2D eigenvalue weighted by molar-refractivity contribution is 5.84. The van der Waals surface area contributed by atoms with E-state index in [0.717, 1.165) is 27.7 Å².